The van der Waals surface area contributed by atoms with Crippen LogP contribution in [0.15, 0.2) is 4.42 Å². The Hall–Kier alpha value is -1.07. The summed E-state index contributed by atoms with van der Waals surface area (Å²) in [7, 11) is 0. The van der Waals surface area contributed by atoms with Crippen LogP contribution in [0.3, 0.4) is 0 Å². The lowest BCUT2D eigenvalue weighted by Gasteiger charge is -2.33. The molecule has 1 aromatic heterocycles. The van der Waals surface area contributed by atoms with Crippen LogP contribution in [0.25, 0.3) is 0 Å². The molecule has 0 unspecified atom stereocenters. The molecule has 0 aromatic carbocycles. The Morgan fingerprint density at radius 1 is 1.38 bits per heavy atom. The molecule has 13 heavy (non-hydrogen) atoms. The van der Waals surface area contributed by atoms with Crippen LogP contribution in [0, 0.1) is 12.3 Å². The van der Waals surface area contributed by atoms with Crippen LogP contribution in [0.5, 0.6) is 0 Å². The molecule has 0 aliphatic heterocycles. The number of hydrogen-bond acceptors (Lipinski definition) is 3. The molecule has 1 aliphatic carbocycles. The first kappa shape index (κ1) is 8.52. The summed E-state index contributed by atoms with van der Waals surface area (Å²) in [6.07, 6.45) is -1.86. The Morgan fingerprint density at radius 3 is 2.54 bits per heavy atom. The summed E-state index contributed by atoms with van der Waals surface area (Å²) in [5.74, 6) is -1.17. The molecule has 0 atom stereocenters. The van der Waals surface area contributed by atoms with Gasteiger partial charge in [-0.3, -0.25) is 0 Å². The molecule has 1 saturated carbocycles. The highest BCUT2D eigenvalue weighted by atomic mass is 19.4. The van der Waals surface area contributed by atoms with E-state index in [0.29, 0.717) is 0 Å². The Bertz CT molecular complexity index is 276. The van der Waals surface area contributed by atoms with Crippen LogP contribution in [0.1, 0.15) is 24.7 Å². The number of aromatic nitrogens is 2. The predicted octanol–water partition coefficient (Wildman–Crippen LogP) is 1.93. The van der Waals surface area contributed by atoms with Crippen molar-refractivity contribution in [1.82, 2.24) is 10.2 Å². The van der Waals surface area contributed by atoms with E-state index in [1.54, 1.807) is 0 Å². The Kier molecular flexibility index (Phi) is 1.78. The minimum atomic E-state index is -4.08. The monoisotopic (exact) mass is 191 g/mol. The van der Waals surface area contributed by atoms with E-state index in [1.807, 2.05) is 0 Å². The van der Waals surface area contributed by atoms with Crippen LogP contribution >= 0.6 is 0 Å². The van der Waals surface area contributed by atoms with Crippen LogP contribution in [-0.2, 0) is 0 Å². The molecule has 3 nitrogen and oxygen atoms in total. The Labute approximate surface area is 71.9 Å². The van der Waals surface area contributed by atoms with Crippen molar-refractivity contribution in [2.24, 2.45) is 5.92 Å². The maximum Gasteiger partial charge on any atom is 0.391 e. The molecule has 1 fully saturated rings. The fourth-order valence-corrected chi connectivity index (χ4v) is 1.41. The average Bonchev–Trinajstić information content (AvgIpc) is 2.31. The molecule has 0 bridgehead atoms. The first-order valence-corrected chi connectivity index (χ1v) is 3.83. The van der Waals surface area contributed by atoms with Crippen molar-refractivity contribution < 1.29 is 17.6 Å². The van der Waals surface area contributed by atoms with E-state index in [-0.39, 0.29) is 24.7 Å². The van der Waals surface area contributed by atoms with Gasteiger partial charge in [0.2, 0.25) is 5.89 Å². The molecule has 0 N–H and O–H groups in total. The van der Waals surface area contributed by atoms with Gasteiger partial charge in [-0.25, -0.2) is 0 Å². The number of alkyl halides is 3. The Morgan fingerprint density at radius 2 is 2.08 bits per heavy atom. The standard InChI is InChI=1S/C7H6F3N2O/c8-7(9,10)5-1-4(2-5)6-12-11-3-13-6/h4-5H,1-2H2. The summed E-state index contributed by atoms with van der Waals surface area (Å²) in [6, 6.07) is 0. The van der Waals surface area contributed by atoms with Gasteiger partial charge in [-0.1, -0.05) is 0 Å². The minimum Gasteiger partial charge on any atom is -0.417 e. The second-order valence-corrected chi connectivity index (χ2v) is 3.14. The first-order valence-electron chi connectivity index (χ1n) is 3.83. The topological polar surface area (TPSA) is 38.9 Å². The summed E-state index contributed by atoms with van der Waals surface area (Å²) >= 11 is 0. The summed E-state index contributed by atoms with van der Waals surface area (Å²) in [6.45, 7) is 0. The second kappa shape index (κ2) is 2.71. The number of rotatable bonds is 1. The van der Waals surface area contributed by atoms with Gasteiger partial charge in [0.05, 0.1) is 5.92 Å². The first-order chi connectivity index (χ1) is 6.07. The molecule has 0 amide bonds. The molecule has 0 saturated heterocycles. The fraction of sp³-hybridized carbons (Fsp3) is 0.714. The number of nitrogens with zero attached hydrogens (tertiary/aromatic N) is 2. The van der Waals surface area contributed by atoms with Crippen molar-refractivity contribution >= 4 is 0 Å². The third-order valence-electron chi connectivity index (χ3n) is 2.29. The summed E-state index contributed by atoms with van der Waals surface area (Å²) < 4.78 is 40.8. The maximum atomic E-state index is 12.0. The van der Waals surface area contributed by atoms with Gasteiger partial charge in [0.1, 0.15) is 0 Å². The molecular weight excluding hydrogens is 185 g/mol. The highest BCUT2D eigenvalue weighted by Gasteiger charge is 2.49. The van der Waals surface area contributed by atoms with Crippen LogP contribution in [0.4, 0.5) is 13.2 Å². The van der Waals surface area contributed by atoms with Crippen LogP contribution in [0.2, 0.25) is 0 Å². The third kappa shape index (κ3) is 1.52. The van der Waals surface area contributed by atoms with Crippen molar-refractivity contribution in [2.75, 3.05) is 0 Å². The molecular formula is C7H6F3N2O. The normalized spacial score (nSPS) is 28.5. The van der Waals surface area contributed by atoms with Gasteiger partial charge in [-0.05, 0) is 12.8 Å². The van der Waals surface area contributed by atoms with Crippen molar-refractivity contribution in [3.05, 3.63) is 12.3 Å². The SMILES string of the molecule is FC(F)(F)C1CC(c2nn[c]o2)C1. The largest absolute Gasteiger partial charge is 0.417 e. The highest BCUT2D eigenvalue weighted by molar-refractivity contribution is 4.99. The summed E-state index contributed by atoms with van der Waals surface area (Å²) in [4.78, 5) is 0. The van der Waals surface area contributed by atoms with Gasteiger partial charge < -0.3 is 4.42 Å². The molecule has 2 rings (SSSR count). The van der Waals surface area contributed by atoms with Gasteiger partial charge in [-0.2, -0.15) is 13.2 Å². The molecule has 1 heterocycles. The molecule has 0 spiro atoms. The van der Waals surface area contributed by atoms with E-state index in [1.165, 1.54) is 0 Å². The van der Waals surface area contributed by atoms with E-state index in [2.05, 4.69) is 21.0 Å². The van der Waals surface area contributed by atoms with E-state index in [4.69, 9.17) is 0 Å². The molecule has 1 radical (unpaired) electrons. The third-order valence-corrected chi connectivity index (χ3v) is 2.29. The number of hydrogen-bond donors (Lipinski definition) is 0. The Balaban J connectivity index is 1.93. The van der Waals surface area contributed by atoms with Gasteiger partial charge in [0, 0.05) is 5.92 Å². The predicted molar refractivity (Wildman–Crippen MR) is 34.7 cm³/mol. The van der Waals surface area contributed by atoms with Crippen molar-refractivity contribution in [1.29, 1.82) is 0 Å². The lowest BCUT2D eigenvalue weighted by molar-refractivity contribution is -0.198. The van der Waals surface area contributed by atoms with Gasteiger partial charge in [-0.15, -0.1) is 10.2 Å². The quantitative estimate of drug-likeness (QED) is 0.680. The zero-order valence-corrected chi connectivity index (χ0v) is 6.51. The van der Waals surface area contributed by atoms with E-state index >= 15 is 0 Å². The lowest BCUT2D eigenvalue weighted by Crippen LogP contribution is -2.34. The molecule has 6 heteroatoms. The lowest BCUT2D eigenvalue weighted by atomic mass is 9.74. The molecule has 1 aliphatic rings. The van der Waals surface area contributed by atoms with Crippen LogP contribution in [-0.4, -0.2) is 16.4 Å². The number of halogens is 3. The van der Waals surface area contributed by atoms with Crippen LogP contribution < -0.4 is 0 Å². The zero-order valence-electron chi connectivity index (χ0n) is 6.51. The molecule has 1 aromatic rings. The summed E-state index contributed by atoms with van der Waals surface area (Å²) in [5, 5.41) is 6.80. The molecule has 71 valence electrons. The summed E-state index contributed by atoms with van der Waals surface area (Å²) in [5.41, 5.74) is 0. The average molecular weight is 191 g/mol. The van der Waals surface area contributed by atoms with Crippen molar-refractivity contribution in [3.8, 4) is 0 Å². The maximum absolute atomic E-state index is 12.0. The zero-order chi connectivity index (χ0) is 9.47. The van der Waals surface area contributed by atoms with E-state index in [0.717, 1.165) is 0 Å². The van der Waals surface area contributed by atoms with E-state index < -0.39 is 12.1 Å². The van der Waals surface area contributed by atoms with Gasteiger partial charge >= 0.3 is 12.6 Å². The van der Waals surface area contributed by atoms with Crippen molar-refractivity contribution in [3.63, 3.8) is 0 Å². The minimum absolute atomic E-state index is 0.0551. The highest BCUT2D eigenvalue weighted by Crippen LogP contribution is 2.48. The fourth-order valence-electron chi connectivity index (χ4n) is 1.41. The van der Waals surface area contributed by atoms with E-state index in [9.17, 15) is 13.2 Å². The van der Waals surface area contributed by atoms with Gasteiger partial charge in [0.15, 0.2) is 0 Å². The van der Waals surface area contributed by atoms with Crippen molar-refractivity contribution in [2.45, 2.75) is 24.9 Å². The van der Waals surface area contributed by atoms with Gasteiger partial charge in [0.25, 0.3) is 0 Å². The second-order valence-electron chi connectivity index (χ2n) is 3.14. The smallest absolute Gasteiger partial charge is 0.391 e.